The molecule has 2 aromatic rings. The maximum atomic E-state index is 12.2. The summed E-state index contributed by atoms with van der Waals surface area (Å²) in [5.41, 5.74) is 2.02. The molecule has 1 N–H and O–H groups in total. The topological polar surface area (TPSA) is 50.8 Å². The van der Waals surface area contributed by atoms with Crippen LogP contribution in [0.15, 0.2) is 48.5 Å². The molecule has 0 bridgehead atoms. The molecule has 2 aromatic carbocycles. The minimum Gasteiger partial charge on any atom is -0.493 e. The summed E-state index contributed by atoms with van der Waals surface area (Å²) in [5.74, 6) is 1.47. The van der Waals surface area contributed by atoms with E-state index in [1.54, 1.807) is 26.2 Å². The van der Waals surface area contributed by atoms with Gasteiger partial charge in [0.25, 0.3) is 0 Å². The second-order valence-corrected chi connectivity index (χ2v) is 5.40. The van der Waals surface area contributed by atoms with Crippen LogP contribution >= 0.6 is 0 Å². The van der Waals surface area contributed by atoms with Gasteiger partial charge in [-0.3, -0.25) is 4.79 Å². The number of nitrogens with zero attached hydrogens (tertiary/aromatic N) is 1. The average Bonchev–Trinajstić information content (AvgIpc) is 2.64. The largest absolute Gasteiger partial charge is 0.493 e. The third kappa shape index (κ3) is 4.73. The van der Waals surface area contributed by atoms with Gasteiger partial charge in [-0.05, 0) is 42.8 Å². The summed E-state index contributed by atoms with van der Waals surface area (Å²) < 4.78 is 10.5. The van der Waals surface area contributed by atoms with E-state index in [4.69, 9.17) is 9.47 Å². The van der Waals surface area contributed by atoms with Crippen molar-refractivity contribution in [2.75, 3.05) is 39.3 Å². The highest BCUT2D eigenvalue weighted by molar-refractivity contribution is 5.94. The van der Waals surface area contributed by atoms with Crippen molar-refractivity contribution in [1.82, 2.24) is 5.32 Å². The number of rotatable bonds is 8. The molecule has 0 aliphatic rings. The third-order valence-electron chi connectivity index (χ3n) is 3.83. The van der Waals surface area contributed by atoms with Gasteiger partial charge in [0.05, 0.1) is 20.8 Å². The normalized spacial score (nSPS) is 10.3. The molecular formula is C19H24N2O3. The van der Waals surface area contributed by atoms with E-state index < -0.39 is 0 Å². The van der Waals surface area contributed by atoms with Gasteiger partial charge in [-0.1, -0.05) is 24.3 Å². The summed E-state index contributed by atoms with van der Waals surface area (Å²) in [5, 5.41) is 3.19. The first-order chi connectivity index (χ1) is 11.7. The smallest absolute Gasteiger partial charge is 0.240 e. The monoisotopic (exact) mass is 328 g/mol. The predicted octanol–water partition coefficient (Wildman–Crippen LogP) is 2.50. The van der Waals surface area contributed by atoms with E-state index >= 15 is 0 Å². The summed E-state index contributed by atoms with van der Waals surface area (Å²) >= 11 is 0. The number of benzene rings is 2. The second kappa shape index (κ2) is 8.93. The van der Waals surface area contributed by atoms with Gasteiger partial charge >= 0.3 is 0 Å². The first-order valence-corrected chi connectivity index (χ1v) is 7.89. The van der Waals surface area contributed by atoms with Gasteiger partial charge in [-0.15, -0.1) is 0 Å². The van der Waals surface area contributed by atoms with E-state index in [2.05, 4.69) is 5.32 Å². The standard InChI is InChI=1S/C19H24N2O3/c1-21(16-7-5-4-6-8-16)19(22)14-20-12-11-15-9-10-17(23-2)18(13-15)24-3/h4-10,13,20H,11-12,14H2,1-3H3. The second-order valence-electron chi connectivity index (χ2n) is 5.40. The van der Waals surface area contributed by atoms with Crippen LogP contribution in [0.25, 0.3) is 0 Å². The van der Waals surface area contributed by atoms with Crippen LogP contribution < -0.4 is 19.7 Å². The summed E-state index contributed by atoms with van der Waals surface area (Å²) in [6, 6.07) is 15.5. The number of hydrogen-bond donors (Lipinski definition) is 1. The van der Waals surface area contributed by atoms with Crippen molar-refractivity contribution >= 4 is 11.6 Å². The molecule has 0 radical (unpaired) electrons. The van der Waals surface area contributed by atoms with Crippen LogP contribution in [0.1, 0.15) is 5.56 Å². The SMILES string of the molecule is COc1ccc(CCNCC(=O)N(C)c2ccccc2)cc1OC. The predicted molar refractivity (Wildman–Crippen MR) is 96.0 cm³/mol. The van der Waals surface area contributed by atoms with Gasteiger partial charge < -0.3 is 19.7 Å². The molecule has 0 saturated carbocycles. The Morgan fingerprint density at radius 2 is 1.75 bits per heavy atom. The van der Waals surface area contributed by atoms with Gasteiger partial charge in [0.2, 0.25) is 5.91 Å². The van der Waals surface area contributed by atoms with E-state index in [0.29, 0.717) is 18.8 Å². The molecule has 0 saturated heterocycles. The quantitative estimate of drug-likeness (QED) is 0.757. The highest BCUT2D eigenvalue weighted by atomic mass is 16.5. The molecular weight excluding hydrogens is 304 g/mol. The van der Waals surface area contributed by atoms with Crippen LogP contribution in [0.4, 0.5) is 5.69 Å². The van der Waals surface area contributed by atoms with Gasteiger partial charge in [-0.2, -0.15) is 0 Å². The molecule has 2 rings (SSSR count). The van der Waals surface area contributed by atoms with Gasteiger partial charge in [0.15, 0.2) is 11.5 Å². The van der Waals surface area contributed by atoms with E-state index in [0.717, 1.165) is 23.4 Å². The zero-order valence-corrected chi connectivity index (χ0v) is 14.4. The Labute approximate surface area is 143 Å². The lowest BCUT2D eigenvalue weighted by atomic mass is 10.1. The van der Waals surface area contributed by atoms with E-state index in [9.17, 15) is 4.79 Å². The van der Waals surface area contributed by atoms with Crippen LogP contribution in [0.5, 0.6) is 11.5 Å². The summed E-state index contributed by atoms with van der Waals surface area (Å²) in [6.07, 6.45) is 0.808. The van der Waals surface area contributed by atoms with Crippen molar-refractivity contribution in [3.05, 3.63) is 54.1 Å². The number of methoxy groups -OCH3 is 2. The zero-order chi connectivity index (χ0) is 17.4. The number of para-hydroxylation sites is 1. The maximum absolute atomic E-state index is 12.2. The molecule has 0 fully saturated rings. The van der Waals surface area contributed by atoms with Crippen molar-refractivity contribution < 1.29 is 14.3 Å². The molecule has 24 heavy (non-hydrogen) atoms. The Balaban J connectivity index is 1.79. The zero-order valence-electron chi connectivity index (χ0n) is 14.4. The highest BCUT2D eigenvalue weighted by Gasteiger charge is 2.10. The van der Waals surface area contributed by atoms with Gasteiger partial charge in [-0.25, -0.2) is 0 Å². The van der Waals surface area contributed by atoms with Crippen molar-refractivity contribution in [1.29, 1.82) is 0 Å². The van der Waals surface area contributed by atoms with E-state index in [-0.39, 0.29) is 5.91 Å². The first kappa shape index (κ1) is 17.8. The molecule has 0 heterocycles. The molecule has 0 aliphatic carbocycles. The average molecular weight is 328 g/mol. The number of ether oxygens (including phenoxy) is 2. The minimum absolute atomic E-state index is 0.0357. The van der Waals surface area contributed by atoms with Gasteiger partial charge in [0, 0.05) is 12.7 Å². The number of hydrogen-bond acceptors (Lipinski definition) is 4. The van der Waals surface area contributed by atoms with Crippen molar-refractivity contribution in [3.63, 3.8) is 0 Å². The molecule has 0 atom stereocenters. The lowest BCUT2D eigenvalue weighted by molar-refractivity contribution is -0.117. The van der Waals surface area contributed by atoms with Crippen LogP contribution in [-0.4, -0.2) is 40.3 Å². The summed E-state index contributed by atoms with van der Waals surface area (Å²) in [4.78, 5) is 13.8. The first-order valence-electron chi connectivity index (χ1n) is 7.89. The Morgan fingerprint density at radius 1 is 1.04 bits per heavy atom. The molecule has 0 spiro atoms. The molecule has 5 heteroatoms. The number of amides is 1. The number of likely N-dealkylation sites (N-methyl/N-ethyl adjacent to an activating group) is 1. The molecule has 5 nitrogen and oxygen atoms in total. The number of carbonyl (C=O) groups is 1. The fraction of sp³-hybridized carbons (Fsp3) is 0.316. The van der Waals surface area contributed by atoms with Crippen molar-refractivity contribution in [2.24, 2.45) is 0 Å². The van der Waals surface area contributed by atoms with Gasteiger partial charge in [0.1, 0.15) is 0 Å². The van der Waals surface area contributed by atoms with E-state index in [1.807, 2.05) is 48.5 Å². The molecule has 1 amide bonds. The third-order valence-corrected chi connectivity index (χ3v) is 3.83. The number of anilines is 1. The van der Waals surface area contributed by atoms with E-state index in [1.165, 1.54) is 0 Å². The van der Waals surface area contributed by atoms with Crippen LogP contribution in [0.2, 0.25) is 0 Å². The molecule has 0 aliphatic heterocycles. The van der Waals surface area contributed by atoms with Crippen LogP contribution in [0, 0.1) is 0 Å². The number of nitrogens with one attached hydrogen (secondary N) is 1. The lowest BCUT2D eigenvalue weighted by Crippen LogP contribution is -2.36. The highest BCUT2D eigenvalue weighted by Crippen LogP contribution is 2.27. The fourth-order valence-corrected chi connectivity index (χ4v) is 2.38. The van der Waals surface area contributed by atoms with Crippen LogP contribution in [0.3, 0.4) is 0 Å². The Kier molecular flexibility index (Phi) is 6.63. The summed E-state index contributed by atoms with van der Waals surface area (Å²) in [6.45, 7) is 1.02. The minimum atomic E-state index is 0.0357. The van der Waals surface area contributed by atoms with Crippen molar-refractivity contribution in [2.45, 2.75) is 6.42 Å². The van der Waals surface area contributed by atoms with Crippen molar-refractivity contribution in [3.8, 4) is 11.5 Å². The molecule has 0 unspecified atom stereocenters. The maximum Gasteiger partial charge on any atom is 0.240 e. The lowest BCUT2D eigenvalue weighted by Gasteiger charge is -2.17. The Morgan fingerprint density at radius 3 is 2.42 bits per heavy atom. The molecule has 128 valence electrons. The fourth-order valence-electron chi connectivity index (χ4n) is 2.38. The summed E-state index contributed by atoms with van der Waals surface area (Å²) in [7, 11) is 5.03. The number of carbonyl (C=O) groups excluding carboxylic acids is 1. The molecule has 0 aromatic heterocycles. The Bertz CT molecular complexity index is 659. The Hall–Kier alpha value is -2.53. The van der Waals surface area contributed by atoms with Crippen LogP contribution in [-0.2, 0) is 11.2 Å².